The minimum absolute atomic E-state index is 0.168. The van der Waals surface area contributed by atoms with E-state index >= 15 is 0 Å². The summed E-state index contributed by atoms with van der Waals surface area (Å²) in [6.45, 7) is 0.908. The number of pyridine rings is 1. The van der Waals surface area contributed by atoms with E-state index in [1.807, 2.05) is 0 Å². The molecule has 178 valence electrons. The number of hydrogen-bond donors (Lipinski definition) is 0. The van der Waals surface area contributed by atoms with Gasteiger partial charge in [0.2, 0.25) is 5.88 Å². The average molecular weight is 478 g/mol. The molecule has 34 heavy (non-hydrogen) atoms. The van der Waals surface area contributed by atoms with Crippen LogP contribution in [0.3, 0.4) is 0 Å². The summed E-state index contributed by atoms with van der Waals surface area (Å²) < 4.78 is 72.8. The molecular weight excluding hydrogens is 459 g/mol. The van der Waals surface area contributed by atoms with Crippen LogP contribution in [0, 0.1) is 6.92 Å². The number of alkyl halides is 5. The Bertz CT molecular complexity index is 1170. The number of halogens is 5. The van der Waals surface area contributed by atoms with Crippen molar-refractivity contribution in [3.05, 3.63) is 71.7 Å². The molecule has 0 aliphatic carbocycles. The van der Waals surface area contributed by atoms with Gasteiger partial charge in [-0.25, -0.2) is 23.7 Å². The number of carbonyl (C=O) groups is 1. The molecule has 3 heterocycles. The molecule has 1 aliphatic heterocycles. The summed E-state index contributed by atoms with van der Waals surface area (Å²) in [4.78, 5) is 26.3. The number of amides is 1. The third kappa shape index (κ3) is 4.82. The number of carbonyl (C=O) groups excluding carboxylic acids is 1. The molecule has 1 saturated heterocycles. The number of aryl methyl sites for hydroxylation is 1. The van der Waals surface area contributed by atoms with Crippen LogP contribution in [0.25, 0.3) is 11.4 Å². The first-order valence-electron chi connectivity index (χ1n) is 10.3. The van der Waals surface area contributed by atoms with Gasteiger partial charge in [0.1, 0.15) is 12.6 Å². The molecule has 0 spiro atoms. The van der Waals surface area contributed by atoms with Gasteiger partial charge in [0.15, 0.2) is 5.82 Å². The first kappa shape index (κ1) is 23.5. The van der Waals surface area contributed by atoms with Crippen LogP contribution in [0.15, 0.2) is 55.0 Å². The quantitative estimate of drug-likeness (QED) is 0.493. The van der Waals surface area contributed by atoms with Crippen LogP contribution in [0.5, 0.6) is 5.88 Å². The summed E-state index contributed by atoms with van der Waals surface area (Å²) in [6, 6.07) is 6.68. The maximum atomic E-state index is 14.7. The van der Waals surface area contributed by atoms with Crippen LogP contribution in [0.4, 0.5) is 22.0 Å². The minimum atomic E-state index is -4.58. The number of nitrogens with zero attached hydrogens (tertiary/aromatic N) is 4. The lowest BCUT2D eigenvalue weighted by Crippen LogP contribution is -2.46. The third-order valence-corrected chi connectivity index (χ3v) is 5.48. The fourth-order valence-corrected chi connectivity index (χ4v) is 3.70. The molecule has 1 amide bonds. The largest absolute Gasteiger partial charge is 0.475 e. The number of likely N-dealkylation sites (tertiary alicyclic amines) is 1. The van der Waals surface area contributed by atoms with Crippen molar-refractivity contribution in [2.45, 2.75) is 31.5 Å². The van der Waals surface area contributed by atoms with E-state index in [9.17, 15) is 26.7 Å². The van der Waals surface area contributed by atoms with Crippen molar-refractivity contribution in [3.63, 3.8) is 0 Å². The molecule has 6 nitrogen and oxygen atoms in total. The molecule has 0 saturated carbocycles. The van der Waals surface area contributed by atoms with E-state index in [0.29, 0.717) is 11.8 Å². The highest BCUT2D eigenvalue weighted by atomic mass is 19.4. The third-order valence-electron chi connectivity index (χ3n) is 5.48. The predicted octanol–water partition coefficient (Wildman–Crippen LogP) is 4.79. The Morgan fingerprint density at radius 2 is 1.88 bits per heavy atom. The van der Waals surface area contributed by atoms with Crippen molar-refractivity contribution in [1.82, 2.24) is 19.9 Å². The van der Waals surface area contributed by atoms with Gasteiger partial charge in [-0.2, -0.15) is 13.2 Å². The molecule has 4 rings (SSSR count). The van der Waals surface area contributed by atoms with Gasteiger partial charge in [-0.1, -0.05) is 17.7 Å². The second-order valence-electron chi connectivity index (χ2n) is 7.84. The van der Waals surface area contributed by atoms with Gasteiger partial charge in [-0.3, -0.25) is 4.79 Å². The molecule has 1 aromatic carbocycles. The van der Waals surface area contributed by atoms with Gasteiger partial charge in [0, 0.05) is 43.2 Å². The second kappa shape index (κ2) is 8.96. The molecule has 2 aromatic heterocycles. The van der Waals surface area contributed by atoms with Crippen LogP contribution in [-0.2, 0) is 6.18 Å². The van der Waals surface area contributed by atoms with Gasteiger partial charge in [-0.15, -0.1) is 0 Å². The summed E-state index contributed by atoms with van der Waals surface area (Å²) in [5.74, 6) is -3.87. The van der Waals surface area contributed by atoms with E-state index in [1.54, 1.807) is 31.2 Å². The Hall–Kier alpha value is -3.63. The predicted molar refractivity (Wildman–Crippen MR) is 111 cm³/mol. The summed E-state index contributed by atoms with van der Waals surface area (Å²) in [6.07, 6.45) is -1.58. The van der Waals surface area contributed by atoms with Crippen molar-refractivity contribution in [3.8, 4) is 17.3 Å². The van der Waals surface area contributed by atoms with Crippen molar-refractivity contribution in [2.24, 2.45) is 0 Å². The maximum absolute atomic E-state index is 14.7. The lowest BCUT2D eigenvalue weighted by molar-refractivity contribution is -0.137. The second-order valence-corrected chi connectivity index (χ2v) is 7.84. The number of aromatic nitrogens is 3. The van der Waals surface area contributed by atoms with E-state index in [1.165, 1.54) is 12.4 Å². The highest BCUT2D eigenvalue weighted by molar-refractivity contribution is 6.00. The summed E-state index contributed by atoms with van der Waals surface area (Å²) in [5, 5.41) is 0. The minimum Gasteiger partial charge on any atom is -0.475 e. The summed E-state index contributed by atoms with van der Waals surface area (Å²) in [7, 11) is 0. The fourth-order valence-electron chi connectivity index (χ4n) is 3.70. The van der Waals surface area contributed by atoms with Crippen LogP contribution in [0.2, 0.25) is 0 Å². The average Bonchev–Trinajstić information content (AvgIpc) is 3.11. The monoisotopic (exact) mass is 478 g/mol. The molecule has 3 aromatic rings. The van der Waals surface area contributed by atoms with Crippen molar-refractivity contribution in [2.75, 3.05) is 13.2 Å². The Morgan fingerprint density at radius 1 is 1.15 bits per heavy atom. The summed E-state index contributed by atoms with van der Waals surface area (Å²) in [5.41, 5.74) is 0.325. The first-order chi connectivity index (χ1) is 16.1. The topological polar surface area (TPSA) is 68.2 Å². The van der Waals surface area contributed by atoms with E-state index in [2.05, 4.69) is 15.0 Å². The van der Waals surface area contributed by atoms with E-state index in [0.717, 1.165) is 22.6 Å². The molecule has 11 heteroatoms. The molecule has 0 radical (unpaired) electrons. The molecule has 1 fully saturated rings. The fraction of sp³-hybridized carbons (Fsp3) is 0.304. The van der Waals surface area contributed by atoms with E-state index in [4.69, 9.17) is 4.74 Å². The van der Waals surface area contributed by atoms with Crippen molar-refractivity contribution < 1.29 is 31.5 Å². The number of hydrogen-bond acceptors (Lipinski definition) is 5. The zero-order valence-corrected chi connectivity index (χ0v) is 17.9. The van der Waals surface area contributed by atoms with Crippen LogP contribution in [-0.4, -0.2) is 50.9 Å². The van der Waals surface area contributed by atoms with Gasteiger partial charge < -0.3 is 9.64 Å². The number of ether oxygens (including phenoxy) is 1. The molecule has 1 aliphatic rings. The standard InChI is InChI=1S/C23H19F5N4O2/c1-14-3-5-16(20-29-8-2-9-30-20)17(11-14)21(33)32-10-7-22(24,25)18(32)13-34-19-6-4-15(12-31-19)23(26,27)28/h2-6,8-9,11-12,18H,7,10,13H2,1H3/t18-/m1/s1. The van der Waals surface area contributed by atoms with E-state index in [-0.39, 0.29) is 23.8 Å². The Labute approximate surface area is 191 Å². The zero-order valence-electron chi connectivity index (χ0n) is 17.9. The Kier molecular flexibility index (Phi) is 6.20. The molecule has 0 N–H and O–H groups in total. The highest BCUT2D eigenvalue weighted by Crippen LogP contribution is 2.36. The van der Waals surface area contributed by atoms with Crippen LogP contribution < -0.4 is 4.74 Å². The lowest BCUT2D eigenvalue weighted by atomic mass is 10.0. The van der Waals surface area contributed by atoms with E-state index < -0.39 is 42.6 Å². The lowest BCUT2D eigenvalue weighted by Gasteiger charge is -2.28. The Balaban J connectivity index is 1.58. The number of rotatable bonds is 5. The van der Waals surface area contributed by atoms with Crippen molar-refractivity contribution >= 4 is 5.91 Å². The van der Waals surface area contributed by atoms with Gasteiger partial charge in [0.25, 0.3) is 11.8 Å². The molecule has 0 unspecified atom stereocenters. The molecular formula is C23H19F5N4O2. The zero-order chi connectivity index (χ0) is 24.5. The van der Waals surface area contributed by atoms with Crippen LogP contribution >= 0.6 is 0 Å². The number of benzene rings is 1. The molecule has 0 bridgehead atoms. The van der Waals surface area contributed by atoms with Gasteiger partial charge in [0.05, 0.1) is 11.1 Å². The van der Waals surface area contributed by atoms with Gasteiger partial charge >= 0.3 is 6.18 Å². The smallest absolute Gasteiger partial charge is 0.417 e. The Morgan fingerprint density at radius 3 is 2.53 bits per heavy atom. The first-order valence-corrected chi connectivity index (χ1v) is 10.3. The highest BCUT2D eigenvalue weighted by Gasteiger charge is 2.51. The normalized spacial score (nSPS) is 17.6. The maximum Gasteiger partial charge on any atom is 0.417 e. The SMILES string of the molecule is Cc1ccc(-c2ncccn2)c(C(=O)N2CCC(F)(F)[C@H]2COc2ccc(C(F)(F)F)cn2)c1. The summed E-state index contributed by atoms with van der Waals surface area (Å²) >= 11 is 0. The van der Waals surface area contributed by atoms with Crippen LogP contribution in [0.1, 0.15) is 27.9 Å². The van der Waals surface area contributed by atoms with Gasteiger partial charge in [-0.05, 0) is 25.1 Å². The van der Waals surface area contributed by atoms with Crippen molar-refractivity contribution in [1.29, 1.82) is 0 Å². The molecule has 1 atom stereocenters.